The van der Waals surface area contributed by atoms with Crippen LogP contribution in [0.15, 0.2) is 48.5 Å². The van der Waals surface area contributed by atoms with Crippen molar-refractivity contribution < 1.29 is 9.53 Å². The number of carbonyl (C=O) groups excluding carboxylic acids is 1. The number of aryl methyl sites for hydroxylation is 1. The van der Waals surface area contributed by atoms with E-state index in [9.17, 15) is 4.79 Å². The largest absolute Gasteiger partial charge is 0.497 e. The van der Waals surface area contributed by atoms with Gasteiger partial charge in [-0.2, -0.15) is 0 Å². The van der Waals surface area contributed by atoms with Gasteiger partial charge in [-0.25, -0.2) is 0 Å². The number of nitrogens with zero attached hydrogens (tertiary/aromatic N) is 2. The molecule has 0 N–H and O–H groups in total. The quantitative estimate of drug-likeness (QED) is 0.874. The van der Waals surface area contributed by atoms with Crippen LogP contribution in [0.3, 0.4) is 0 Å². The predicted molar refractivity (Wildman–Crippen MR) is 92.3 cm³/mol. The molecule has 0 bridgehead atoms. The lowest BCUT2D eigenvalue weighted by Gasteiger charge is -2.36. The summed E-state index contributed by atoms with van der Waals surface area (Å²) in [5.41, 5.74) is 3.18. The molecule has 120 valence electrons. The van der Waals surface area contributed by atoms with Gasteiger partial charge in [0.25, 0.3) is 5.91 Å². The molecule has 4 nitrogen and oxygen atoms in total. The second kappa shape index (κ2) is 6.73. The van der Waals surface area contributed by atoms with Gasteiger partial charge in [0.2, 0.25) is 0 Å². The van der Waals surface area contributed by atoms with Gasteiger partial charge in [0.1, 0.15) is 5.75 Å². The van der Waals surface area contributed by atoms with Gasteiger partial charge in [0, 0.05) is 37.4 Å². The van der Waals surface area contributed by atoms with Crippen molar-refractivity contribution in [1.82, 2.24) is 4.90 Å². The minimum absolute atomic E-state index is 0.0767. The smallest absolute Gasteiger partial charge is 0.254 e. The van der Waals surface area contributed by atoms with E-state index in [1.165, 1.54) is 11.3 Å². The summed E-state index contributed by atoms with van der Waals surface area (Å²) in [6, 6.07) is 15.9. The molecule has 0 radical (unpaired) electrons. The summed E-state index contributed by atoms with van der Waals surface area (Å²) in [4.78, 5) is 16.9. The Labute approximate surface area is 137 Å². The second-order valence-corrected chi connectivity index (χ2v) is 5.85. The topological polar surface area (TPSA) is 32.8 Å². The number of piperazine rings is 1. The maximum atomic E-state index is 12.6. The monoisotopic (exact) mass is 310 g/mol. The zero-order chi connectivity index (χ0) is 16.2. The molecule has 0 aromatic heterocycles. The van der Waals surface area contributed by atoms with E-state index in [-0.39, 0.29) is 5.91 Å². The number of hydrogen-bond acceptors (Lipinski definition) is 3. The Kier molecular flexibility index (Phi) is 4.51. The molecule has 23 heavy (non-hydrogen) atoms. The molecule has 0 aliphatic carbocycles. The van der Waals surface area contributed by atoms with Crippen molar-refractivity contribution in [3.63, 3.8) is 0 Å². The SMILES string of the molecule is COc1cccc(C(=O)N2CCN(c3cccc(C)c3)CC2)c1. The zero-order valence-electron chi connectivity index (χ0n) is 13.7. The molecule has 0 spiro atoms. The number of benzene rings is 2. The van der Waals surface area contributed by atoms with E-state index in [2.05, 4.69) is 36.1 Å². The maximum Gasteiger partial charge on any atom is 0.254 e. The first-order chi connectivity index (χ1) is 11.2. The molecule has 0 unspecified atom stereocenters. The lowest BCUT2D eigenvalue weighted by molar-refractivity contribution is 0.0746. The minimum Gasteiger partial charge on any atom is -0.497 e. The van der Waals surface area contributed by atoms with Gasteiger partial charge >= 0.3 is 0 Å². The molecule has 1 saturated heterocycles. The van der Waals surface area contributed by atoms with Gasteiger partial charge in [0.05, 0.1) is 7.11 Å². The number of methoxy groups -OCH3 is 1. The van der Waals surface area contributed by atoms with E-state index in [0.29, 0.717) is 11.3 Å². The fourth-order valence-corrected chi connectivity index (χ4v) is 2.93. The highest BCUT2D eigenvalue weighted by atomic mass is 16.5. The van der Waals surface area contributed by atoms with Crippen LogP contribution in [0.1, 0.15) is 15.9 Å². The Morgan fingerprint density at radius 2 is 1.74 bits per heavy atom. The third kappa shape index (κ3) is 3.47. The van der Waals surface area contributed by atoms with E-state index in [1.807, 2.05) is 23.1 Å². The van der Waals surface area contributed by atoms with Gasteiger partial charge < -0.3 is 14.5 Å². The van der Waals surface area contributed by atoms with Gasteiger partial charge in [-0.15, -0.1) is 0 Å². The van der Waals surface area contributed by atoms with Crippen molar-refractivity contribution >= 4 is 11.6 Å². The lowest BCUT2D eigenvalue weighted by atomic mass is 10.1. The fourth-order valence-electron chi connectivity index (χ4n) is 2.93. The Balaban J connectivity index is 1.65. The highest BCUT2D eigenvalue weighted by Gasteiger charge is 2.22. The maximum absolute atomic E-state index is 12.6. The van der Waals surface area contributed by atoms with E-state index in [1.54, 1.807) is 13.2 Å². The molecular formula is C19H22N2O2. The van der Waals surface area contributed by atoms with E-state index < -0.39 is 0 Å². The van der Waals surface area contributed by atoms with E-state index in [0.717, 1.165) is 26.2 Å². The summed E-state index contributed by atoms with van der Waals surface area (Å²) in [5, 5.41) is 0. The predicted octanol–water partition coefficient (Wildman–Crippen LogP) is 2.97. The first-order valence-corrected chi connectivity index (χ1v) is 7.92. The fraction of sp³-hybridized carbons (Fsp3) is 0.316. The molecule has 1 amide bonds. The van der Waals surface area contributed by atoms with Crippen LogP contribution in [0.25, 0.3) is 0 Å². The van der Waals surface area contributed by atoms with Crippen LogP contribution in [0, 0.1) is 6.92 Å². The van der Waals surface area contributed by atoms with Crippen LogP contribution in [-0.4, -0.2) is 44.1 Å². The minimum atomic E-state index is 0.0767. The van der Waals surface area contributed by atoms with Crippen molar-refractivity contribution in [2.75, 3.05) is 38.2 Å². The summed E-state index contributed by atoms with van der Waals surface area (Å²) in [6.45, 7) is 5.30. The summed E-state index contributed by atoms with van der Waals surface area (Å²) < 4.78 is 5.20. The summed E-state index contributed by atoms with van der Waals surface area (Å²) in [7, 11) is 1.62. The Morgan fingerprint density at radius 3 is 2.43 bits per heavy atom. The summed E-state index contributed by atoms with van der Waals surface area (Å²) >= 11 is 0. The van der Waals surface area contributed by atoms with Crippen molar-refractivity contribution in [2.45, 2.75) is 6.92 Å². The van der Waals surface area contributed by atoms with Crippen molar-refractivity contribution in [3.8, 4) is 5.75 Å². The number of anilines is 1. The highest BCUT2D eigenvalue weighted by Crippen LogP contribution is 2.19. The van der Waals surface area contributed by atoms with Crippen LogP contribution in [0.2, 0.25) is 0 Å². The molecule has 1 aliphatic rings. The number of ether oxygens (including phenoxy) is 1. The Hall–Kier alpha value is -2.49. The number of rotatable bonds is 3. The first kappa shape index (κ1) is 15.4. The van der Waals surface area contributed by atoms with Gasteiger partial charge in [-0.3, -0.25) is 4.79 Å². The number of amides is 1. The number of carbonyl (C=O) groups is 1. The average molecular weight is 310 g/mol. The third-order valence-electron chi connectivity index (χ3n) is 4.25. The van der Waals surface area contributed by atoms with Gasteiger partial charge in [-0.1, -0.05) is 18.2 Å². The normalized spacial score (nSPS) is 14.7. The molecule has 2 aromatic carbocycles. The van der Waals surface area contributed by atoms with Crippen molar-refractivity contribution in [2.24, 2.45) is 0 Å². The van der Waals surface area contributed by atoms with Crippen LogP contribution < -0.4 is 9.64 Å². The lowest BCUT2D eigenvalue weighted by Crippen LogP contribution is -2.48. The Bertz CT molecular complexity index is 691. The molecule has 3 rings (SSSR count). The molecule has 1 aliphatic heterocycles. The summed E-state index contributed by atoms with van der Waals surface area (Å²) in [6.07, 6.45) is 0. The van der Waals surface area contributed by atoms with E-state index in [4.69, 9.17) is 4.74 Å². The van der Waals surface area contributed by atoms with Crippen molar-refractivity contribution in [3.05, 3.63) is 59.7 Å². The van der Waals surface area contributed by atoms with Crippen molar-refractivity contribution in [1.29, 1.82) is 0 Å². The highest BCUT2D eigenvalue weighted by molar-refractivity contribution is 5.94. The van der Waals surface area contributed by atoms with E-state index >= 15 is 0 Å². The standard InChI is InChI=1S/C19H22N2O2/c1-15-5-3-7-17(13-15)20-9-11-21(12-10-20)19(22)16-6-4-8-18(14-16)23-2/h3-8,13-14H,9-12H2,1-2H3. The van der Waals surface area contributed by atoms with Gasteiger partial charge in [-0.05, 0) is 42.8 Å². The van der Waals surface area contributed by atoms with Gasteiger partial charge in [0.15, 0.2) is 0 Å². The van der Waals surface area contributed by atoms with Crippen LogP contribution in [0.4, 0.5) is 5.69 Å². The third-order valence-corrected chi connectivity index (χ3v) is 4.25. The number of hydrogen-bond donors (Lipinski definition) is 0. The molecule has 1 heterocycles. The van der Waals surface area contributed by atoms with Crippen LogP contribution in [-0.2, 0) is 0 Å². The zero-order valence-corrected chi connectivity index (χ0v) is 13.7. The average Bonchev–Trinajstić information content (AvgIpc) is 2.61. The first-order valence-electron chi connectivity index (χ1n) is 7.92. The van der Waals surface area contributed by atoms with Crippen LogP contribution >= 0.6 is 0 Å². The molecule has 0 saturated carbocycles. The molecular weight excluding hydrogens is 288 g/mol. The molecule has 0 atom stereocenters. The summed E-state index contributed by atoms with van der Waals surface area (Å²) in [5.74, 6) is 0.794. The second-order valence-electron chi connectivity index (χ2n) is 5.85. The molecule has 4 heteroatoms. The molecule has 1 fully saturated rings. The molecule has 2 aromatic rings. The Morgan fingerprint density at radius 1 is 1.00 bits per heavy atom. The van der Waals surface area contributed by atoms with Crippen LogP contribution in [0.5, 0.6) is 5.75 Å².